The molecule has 0 amide bonds. The first kappa shape index (κ1) is 14.9. The van der Waals surface area contributed by atoms with Crippen LogP contribution in [0, 0.1) is 5.21 Å². The van der Waals surface area contributed by atoms with Crippen LogP contribution in [0.1, 0.15) is 42.9 Å². The summed E-state index contributed by atoms with van der Waals surface area (Å²) in [6, 6.07) is 6.71. The van der Waals surface area contributed by atoms with Crippen LogP contribution < -0.4 is 4.73 Å². The molecule has 0 saturated heterocycles. The van der Waals surface area contributed by atoms with Gasteiger partial charge in [0.25, 0.3) is 5.69 Å². The molecular weight excluding hydrogens is 272 g/mol. The lowest BCUT2D eigenvalue weighted by molar-refractivity contribution is -0.580. The molecule has 0 aliphatic rings. The zero-order chi connectivity index (χ0) is 15.4. The van der Waals surface area contributed by atoms with E-state index >= 15 is 0 Å². The lowest BCUT2D eigenvalue weighted by atomic mass is 10.2. The maximum absolute atomic E-state index is 12.3. The number of benzene rings is 1. The van der Waals surface area contributed by atoms with Gasteiger partial charge in [-0.25, -0.2) is 4.98 Å². The van der Waals surface area contributed by atoms with E-state index in [2.05, 4.69) is 4.98 Å². The van der Waals surface area contributed by atoms with Gasteiger partial charge in [0, 0.05) is 19.4 Å². The highest BCUT2D eigenvalue weighted by molar-refractivity contribution is 5.92. The highest BCUT2D eigenvalue weighted by atomic mass is 16.5. The summed E-state index contributed by atoms with van der Waals surface area (Å²) >= 11 is 0. The van der Waals surface area contributed by atoms with Gasteiger partial charge in [0.2, 0.25) is 11.3 Å². The van der Waals surface area contributed by atoms with Crippen molar-refractivity contribution in [1.29, 1.82) is 0 Å². The van der Waals surface area contributed by atoms with Crippen LogP contribution in [0.25, 0.3) is 11.0 Å². The fourth-order valence-corrected chi connectivity index (χ4v) is 2.04. The first-order valence-corrected chi connectivity index (χ1v) is 6.72. The number of esters is 1. The Labute approximate surface area is 122 Å². The highest BCUT2D eigenvalue weighted by Crippen LogP contribution is 2.13. The number of nitrogens with zero attached hydrogens (tertiary/aromatic N) is 2. The number of hydrogen-bond acceptors (Lipinski definition) is 5. The van der Waals surface area contributed by atoms with Gasteiger partial charge in [0.1, 0.15) is 12.1 Å². The van der Waals surface area contributed by atoms with Gasteiger partial charge >= 0.3 is 5.97 Å². The van der Waals surface area contributed by atoms with E-state index in [-0.39, 0.29) is 24.0 Å². The second kappa shape index (κ2) is 6.30. The van der Waals surface area contributed by atoms with Crippen molar-refractivity contribution >= 4 is 22.8 Å². The molecule has 0 saturated carbocycles. The molecule has 0 spiro atoms. The first-order chi connectivity index (χ1) is 10.0. The van der Waals surface area contributed by atoms with Gasteiger partial charge in [-0.1, -0.05) is 19.1 Å². The molecule has 110 valence electrons. The number of ketones is 1. The molecule has 0 atom stereocenters. The van der Waals surface area contributed by atoms with Crippen LogP contribution in [0.15, 0.2) is 24.3 Å². The normalized spacial score (nSPS) is 10.6. The van der Waals surface area contributed by atoms with Gasteiger partial charge in [0.15, 0.2) is 5.69 Å². The molecule has 0 aliphatic heterocycles. The van der Waals surface area contributed by atoms with Crippen molar-refractivity contribution < 1.29 is 19.1 Å². The molecular formula is C15H16N2O4. The molecule has 0 N–H and O–H groups in total. The molecule has 2 rings (SSSR count). The summed E-state index contributed by atoms with van der Waals surface area (Å²) in [5.41, 5.74) is 0.865. The predicted molar refractivity (Wildman–Crippen MR) is 75.4 cm³/mol. The van der Waals surface area contributed by atoms with E-state index < -0.39 is 5.78 Å². The molecule has 0 radical (unpaired) electrons. The van der Waals surface area contributed by atoms with E-state index in [9.17, 15) is 14.8 Å². The van der Waals surface area contributed by atoms with Crippen molar-refractivity contribution in [2.45, 2.75) is 33.3 Å². The minimum absolute atomic E-state index is 0.0852. The summed E-state index contributed by atoms with van der Waals surface area (Å²) in [4.78, 5) is 27.4. The van der Waals surface area contributed by atoms with Gasteiger partial charge in [-0.15, -0.1) is 0 Å². The molecule has 2 aromatic rings. The Morgan fingerprint density at radius 2 is 2.05 bits per heavy atom. The minimum atomic E-state index is -0.412. The summed E-state index contributed by atoms with van der Waals surface area (Å²) < 4.78 is 5.61. The Morgan fingerprint density at radius 3 is 2.71 bits per heavy atom. The van der Waals surface area contributed by atoms with Gasteiger partial charge in [-0.05, 0) is 12.5 Å². The van der Waals surface area contributed by atoms with Crippen molar-refractivity contribution in [3.63, 3.8) is 0 Å². The summed E-state index contributed by atoms with van der Waals surface area (Å²) in [6.07, 6.45) is 0.964. The molecule has 6 heteroatoms. The molecule has 0 bridgehead atoms. The van der Waals surface area contributed by atoms with Crippen LogP contribution in [-0.4, -0.2) is 16.7 Å². The first-order valence-electron chi connectivity index (χ1n) is 6.72. The molecule has 1 aromatic carbocycles. The van der Waals surface area contributed by atoms with Gasteiger partial charge in [0.05, 0.1) is 0 Å². The monoisotopic (exact) mass is 288 g/mol. The fraction of sp³-hybridized carbons (Fsp3) is 0.333. The lowest BCUT2D eigenvalue weighted by Gasteiger charge is -2.10. The number of aromatic nitrogens is 2. The van der Waals surface area contributed by atoms with Gasteiger partial charge in [-0.3, -0.25) is 9.59 Å². The topological polar surface area (TPSA) is 83.2 Å². The predicted octanol–water partition coefficient (Wildman–Crippen LogP) is 1.91. The number of Topliss-reactive ketones (excluding diaryl/α,β-unsaturated/α-hetero) is 1. The van der Waals surface area contributed by atoms with Crippen molar-refractivity contribution in [3.05, 3.63) is 40.9 Å². The molecule has 1 heterocycles. The van der Waals surface area contributed by atoms with Crippen LogP contribution >= 0.6 is 0 Å². The maximum Gasteiger partial charge on any atom is 0.306 e. The summed E-state index contributed by atoms with van der Waals surface area (Å²) in [7, 11) is 0. The standard InChI is InChI=1S/C15H16N2O4/c1-3-6-14(19)21-9-12-15(10(2)18)17(20)13-8-5-4-7-11(13)16-12/h4-5,7-8H,3,6,9H2,1-2H3. The molecule has 0 aliphatic carbocycles. The number of carbonyl (C=O) groups is 2. The van der Waals surface area contributed by atoms with Crippen LogP contribution in [0.2, 0.25) is 0 Å². The van der Waals surface area contributed by atoms with E-state index in [0.717, 1.165) is 0 Å². The summed E-state index contributed by atoms with van der Waals surface area (Å²) in [6.45, 7) is 2.97. The number of fused-ring (bicyclic) bond motifs is 1. The number of hydrogen-bond donors (Lipinski definition) is 0. The SMILES string of the molecule is CCCC(=O)OCc1nc2ccccc2[n+]([O-])c1C(C)=O. The quantitative estimate of drug-likeness (QED) is 0.363. The van der Waals surface area contributed by atoms with Gasteiger partial charge in [-0.2, -0.15) is 4.73 Å². The largest absolute Gasteiger partial charge is 0.618 e. The third-order valence-electron chi connectivity index (χ3n) is 2.99. The third-order valence-corrected chi connectivity index (χ3v) is 2.99. The number of carbonyl (C=O) groups excluding carboxylic acids is 2. The van der Waals surface area contributed by atoms with Crippen molar-refractivity contribution in [1.82, 2.24) is 4.98 Å². The smallest absolute Gasteiger partial charge is 0.306 e. The van der Waals surface area contributed by atoms with Crippen molar-refractivity contribution in [3.8, 4) is 0 Å². The van der Waals surface area contributed by atoms with E-state index in [1.807, 2.05) is 6.92 Å². The van der Waals surface area contributed by atoms with Crippen molar-refractivity contribution in [2.75, 3.05) is 0 Å². The number of para-hydroxylation sites is 2. The zero-order valence-electron chi connectivity index (χ0n) is 12.0. The lowest BCUT2D eigenvalue weighted by Crippen LogP contribution is -2.37. The van der Waals surface area contributed by atoms with E-state index in [4.69, 9.17) is 4.74 Å². The summed E-state index contributed by atoms with van der Waals surface area (Å²) in [5, 5.41) is 12.3. The summed E-state index contributed by atoms with van der Waals surface area (Å²) in [5.74, 6) is -0.788. The second-order valence-corrected chi connectivity index (χ2v) is 4.66. The number of ether oxygens (including phenoxy) is 1. The highest BCUT2D eigenvalue weighted by Gasteiger charge is 2.23. The third kappa shape index (κ3) is 3.16. The average molecular weight is 288 g/mol. The van der Waals surface area contributed by atoms with Crippen LogP contribution in [-0.2, 0) is 16.1 Å². The Bertz CT molecular complexity index is 697. The van der Waals surface area contributed by atoms with Crippen LogP contribution in [0.3, 0.4) is 0 Å². The molecule has 21 heavy (non-hydrogen) atoms. The minimum Gasteiger partial charge on any atom is -0.618 e. The Balaban J connectivity index is 2.43. The fourth-order valence-electron chi connectivity index (χ4n) is 2.04. The Morgan fingerprint density at radius 1 is 1.33 bits per heavy atom. The molecule has 0 fully saturated rings. The van der Waals surface area contributed by atoms with E-state index in [1.54, 1.807) is 24.3 Å². The zero-order valence-corrected chi connectivity index (χ0v) is 12.0. The van der Waals surface area contributed by atoms with Crippen molar-refractivity contribution in [2.24, 2.45) is 0 Å². The molecule has 0 unspecified atom stereocenters. The second-order valence-electron chi connectivity index (χ2n) is 4.66. The molecule has 6 nitrogen and oxygen atoms in total. The maximum atomic E-state index is 12.3. The van der Waals surface area contributed by atoms with Crippen LogP contribution in [0.5, 0.6) is 0 Å². The number of rotatable bonds is 5. The van der Waals surface area contributed by atoms with E-state index in [1.165, 1.54) is 6.92 Å². The van der Waals surface area contributed by atoms with Gasteiger partial charge < -0.3 is 9.94 Å². The Hall–Kier alpha value is -2.50. The molecule has 1 aromatic heterocycles. The van der Waals surface area contributed by atoms with E-state index in [0.29, 0.717) is 28.6 Å². The van der Waals surface area contributed by atoms with Crippen LogP contribution in [0.4, 0.5) is 0 Å². The average Bonchev–Trinajstić information content (AvgIpc) is 2.45. The Kier molecular flexibility index (Phi) is 4.47.